The number of rotatable bonds is 7. The maximum Gasteiger partial charge on any atom is 0.234 e. The minimum Gasteiger partial charge on any atom is -0.351 e. The van der Waals surface area contributed by atoms with E-state index in [1.54, 1.807) is 0 Å². The van der Waals surface area contributed by atoms with Crippen LogP contribution >= 0.6 is 23.4 Å². The summed E-state index contributed by atoms with van der Waals surface area (Å²) < 4.78 is 0. The van der Waals surface area contributed by atoms with Crippen LogP contribution in [0.3, 0.4) is 0 Å². The zero-order chi connectivity index (χ0) is 19.8. The Morgan fingerprint density at radius 2 is 1.64 bits per heavy atom. The van der Waals surface area contributed by atoms with Crippen molar-refractivity contribution in [3.05, 3.63) is 65.2 Å². The number of nitrogens with one attached hydrogen (secondary N) is 1. The molecule has 0 spiro atoms. The Kier molecular flexibility index (Phi) is 7.77. The molecule has 1 aliphatic heterocycles. The second-order valence-electron chi connectivity index (χ2n) is 6.66. The summed E-state index contributed by atoms with van der Waals surface area (Å²) in [5.41, 5.74) is 1.09. The molecule has 0 aliphatic carbocycles. The van der Waals surface area contributed by atoms with E-state index >= 15 is 0 Å². The Hall–Kier alpha value is -2.02. The van der Waals surface area contributed by atoms with E-state index in [0.717, 1.165) is 23.5 Å². The Balaban J connectivity index is 1.34. The molecule has 0 radical (unpaired) electrons. The zero-order valence-corrected chi connectivity index (χ0v) is 17.2. The third-order valence-corrected chi connectivity index (χ3v) is 5.85. The quantitative estimate of drug-likeness (QED) is 0.704. The molecule has 2 aromatic carbocycles. The second-order valence-corrected chi connectivity index (χ2v) is 8.15. The van der Waals surface area contributed by atoms with Gasteiger partial charge in [-0.3, -0.25) is 14.5 Å². The number of thioether (sulfide) groups is 1. The van der Waals surface area contributed by atoms with E-state index in [1.807, 2.05) is 59.5 Å². The van der Waals surface area contributed by atoms with E-state index in [1.165, 1.54) is 11.8 Å². The predicted octanol–water partition coefficient (Wildman–Crippen LogP) is 2.89. The number of hydrogen-bond donors (Lipinski definition) is 1. The van der Waals surface area contributed by atoms with Gasteiger partial charge in [-0.05, 0) is 29.8 Å². The van der Waals surface area contributed by atoms with Gasteiger partial charge >= 0.3 is 0 Å². The number of benzene rings is 2. The van der Waals surface area contributed by atoms with Crippen molar-refractivity contribution in [3.8, 4) is 0 Å². The van der Waals surface area contributed by atoms with Crippen molar-refractivity contribution >= 4 is 35.2 Å². The topological polar surface area (TPSA) is 52.7 Å². The zero-order valence-electron chi connectivity index (χ0n) is 15.6. The first-order valence-electron chi connectivity index (χ1n) is 9.29. The first kappa shape index (κ1) is 20.7. The molecule has 1 fully saturated rings. The first-order valence-corrected chi connectivity index (χ1v) is 10.7. The van der Waals surface area contributed by atoms with Crippen LogP contribution in [0.15, 0.2) is 59.5 Å². The van der Waals surface area contributed by atoms with Crippen molar-refractivity contribution in [3.63, 3.8) is 0 Å². The lowest BCUT2D eigenvalue weighted by Crippen LogP contribution is -2.51. The van der Waals surface area contributed by atoms with Crippen LogP contribution in [-0.2, 0) is 16.1 Å². The Bertz CT molecular complexity index is 778. The number of amides is 2. The summed E-state index contributed by atoms with van der Waals surface area (Å²) in [5, 5.41) is 3.64. The van der Waals surface area contributed by atoms with E-state index in [2.05, 4.69) is 10.2 Å². The van der Waals surface area contributed by atoms with Gasteiger partial charge in [-0.1, -0.05) is 41.9 Å². The van der Waals surface area contributed by atoms with Crippen molar-refractivity contribution in [1.82, 2.24) is 15.1 Å². The molecule has 5 nitrogen and oxygen atoms in total. The molecule has 0 saturated carbocycles. The number of piperazine rings is 1. The monoisotopic (exact) mass is 417 g/mol. The molecule has 1 aliphatic rings. The normalized spacial score (nSPS) is 14.7. The van der Waals surface area contributed by atoms with E-state index in [0.29, 0.717) is 37.0 Å². The first-order chi connectivity index (χ1) is 13.6. The lowest BCUT2D eigenvalue weighted by molar-refractivity contribution is -0.130. The highest BCUT2D eigenvalue weighted by Crippen LogP contribution is 2.20. The van der Waals surface area contributed by atoms with Crippen LogP contribution in [0, 0.1) is 0 Å². The largest absolute Gasteiger partial charge is 0.351 e. The van der Waals surface area contributed by atoms with Crippen LogP contribution in [0.1, 0.15) is 5.56 Å². The SMILES string of the molecule is O=C(CN1CCN(C(=O)CSc2ccc(Cl)cc2)CC1)NCc1ccccc1. The standard InChI is InChI=1S/C21H24ClN3O2S/c22-18-6-8-19(9-7-18)28-16-21(27)25-12-10-24(11-13-25)15-20(26)23-14-17-4-2-1-3-5-17/h1-9H,10-16H2,(H,23,26). The molecule has 1 heterocycles. The van der Waals surface area contributed by atoms with Crippen LogP contribution in [0.25, 0.3) is 0 Å². The molecule has 148 valence electrons. The number of carbonyl (C=O) groups excluding carboxylic acids is 2. The van der Waals surface area contributed by atoms with Crippen LogP contribution in [0.2, 0.25) is 5.02 Å². The van der Waals surface area contributed by atoms with Gasteiger partial charge in [-0.2, -0.15) is 0 Å². The van der Waals surface area contributed by atoms with Gasteiger partial charge in [-0.15, -0.1) is 11.8 Å². The third-order valence-electron chi connectivity index (χ3n) is 4.60. The fourth-order valence-electron chi connectivity index (χ4n) is 2.98. The van der Waals surface area contributed by atoms with Gasteiger partial charge in [0.05, 0.1) is 12.3 Å². The maximum atomic E-state index is 12.4. The summed E-state index contributed by atoms with van der Waals surface area (Å²) in [7, 11) is 0. The summed E-state index contributed by atoms with van der Waals surface area (Å²) in [6.07, 6.45) is 0. The third kappa shape index (κ3) is 6.55. The van der Waals surface area contributed by atoms with Crippen LogP contribution in [0.4, 0.5) is 0 Å². The van der Waals surface area contributed by atoms with Crippen molar-refractivity contribution in [2.24, 2.45) is 0 Å². The highest BCUT2D eigenvalue weighted by molar-refractivity contribution is 8.00. The molecule has 28 heavy (non-hydrogen) atoms. The van der Waals surface area contributed by atoms with Crippen LogP contribution < -0.4 is 5.32 Å². The number of carbonyl (C=O) groups is 2. The predicted molar refractivity (Wildman–Crippen MR) is 113 cm³/mol. The number of hydrogen-bond acceptors (Lipinski definition) is 4. The Morgan fingerprint density at radius 1 is 0.964 bits per heavy atom. The summed E-state index contributed by atoms with van der Waals surface area (Å²) in [4.78, 5) is 29.5. The molecule has 0 bridgehead atoms. The van der Waals surface area contributed by atoms with E-state index in [4.69, 9.17) is 11.6 Å². The van der Waals surface area contributed by atoms with Crippen molar-refractivity contribution in [2.75, 3.05) is 38.5 Å². The molecule has 1 saturated heterocycles. The minimum absolute atomic E-state index is 0.0157. The van der Waals surface area contributed by atoms with Gasteiger partial charge in [0, 0.05) is 42.6 Å². The van der Waals surface area contributed by atoms with E-state index in [9.17, 15) is 9.59 Å². The molecule has 0 atom stereocenters. The molecule has 1 N–H and O–H groups in total. The van der Waals surface area contributed by atoms with Crippen LogP contribution in [-0.4, -0.2) is 60.1 Å². The number of nitrogens with zero attached hydrogens (tertiary/aromatic N) is 2. The summed E-state index contributed by atoms with van der Waals surface area (Å²) in [5.74, 6) is 0.564. The van der Waals surface area contributed by atoms with Gasteiger partial charge in [0.15, 0.2) is 0 Å². The van der Waals surface area contributed by atoms with Gasteiger partial charge < -0.3 is 10.2 Å². The van der Waals surface area contributed by atoms with Gasteiger partial charge in [0.25, 0.3) is 0 Å². The smallest absolute Gasteiger partial charge is 0.234 e. The molecule has 0 unspecified atom stereocenters. The summed E-state index contributed by atoms with van der Waals surface area (Å²) >= 11 is 7.40. The molecule has 0 aromatic heterocycles. The lowest BCUT2D eigenvalue weighted by Gasteiger charge is -2.34. The highest BCUT2D eigenvalue weighted by Gasteiger charge is 2.22. The van der Waals surface area contributed by atoms with Gasteiger partial charge in [0.2, 0.25) is 11.8 Å². The second kappa shape index (κ2) is 10.5. The fourth-order valence-corrected chi connectivity index (χ4v) is 3.91. The van der Waals surface area contributed by atoms with E-state index < -0.39 is 0 Å². The lowest BCUT2D eigenvalue weighted by atomic mass is 10.2. The van der Waals surface area contributed by atoms with Crippen molar-refractivity contribution < 1.29 is 9.59 Å². The maximum absolute atomic E-state index is 12.4. The van der Waals surface area contributed by atoms with Crippen LogP contribution in [0.5, 0.6) is 0 Å². The minimum atomic E-state index is 0.0157. The molecule has 7 heteroatoms. The molecule has 2 amide bonds. The number of halogens is 1. The van der Waals surface area contributed by atoms with Crippen molar-refractivity contribution in [2.45, 2.75) is 11.4 Å². The summed E-state index contributed by atoms with van der Waals surface area (Å²) in [6.45, 7) is 3.67. The van der Waals surface area contributed by atoms with Gasteiger partial charge in [-0.25, -0.2) is 0 Å². The van der Waals surface area contributed by atoms with E-state index in [-0.39, 0.29) is 11.8 Å². The summed E-state index contributed by atoms with van der Waals surface area (Å²) in [6, 6.07) is 17.4. The van der Waals surface area contributed by atoms with Gasteiger partial charge in [0.1, 0.15) is 0 Å². The Labute approximate surface area is 175 Å². The molecular formula is C21H24ClN3O2S. The molecule has 3 rings (SSSR count). The average molecular weight is 418 g/mol. The average Bonchev–Trinajstić information content (AvgIpc) is 2.73. The molecule has 2 aromatic rings. The fraction of sp³-hybridized carbons (Fsp3) is 0.333. The Morgan fingerprint density at radius 3 is 2.32 bits per heavy atom. The highest BCUT2D eigenvalue weighted by atomic mass is 35.5. The van der Waals surface area contributed by atoms with Crippen molar-refractivity contribution in [1.29, 1.82) is 0 Å². The molecular weight excluding hydrogens is 394 g/mol.